The van der Waals surface area contributed by atoms with Crippen LogP contribution in [-0.2, 0) is 6.18 Å². The van der Waals surface area contributed by atoms with E-state index in [2.05, 4.69) is 23.1 Å². The van der Waals surface area contributed by atoms with Gasteiger partial charge in [-0.2, -0.15) is 18.4 Å². The second-order valence-corrected chi connectivity index (χ2v) is 4.77. The molecule has 112 valence electrons. The van der Waals surface area contributed by atoms with Crippen LogP contribution in [0.15, 0.2) is 29.5 Å². The summed E-state index contributed by atoms with van der Waals surface area (Å²) in [7, 11) is 0. The van der Waals surface area contributed by atoms with Crippen molar-refractivity contribution in [2.24, 2.45) is 5.73 Å². The van der Waals surface area contributed by atoms with Gasteiger partial charge in [0.05, 0.1) is 16.3 Å². The minimum Gasteiger partial charge on any atom is -0.389 e. The summed E-state index contributed by atoms with van der Waals surface area (Å²) in [6.07, 6.45) is -4.48. The van der Waals surface area contributed by atoms with E-state index in [4.69, 9.17) is 22.6 Å². The molecular formula is C12H10ClF3N4S. The van der Waals surface area contributed by atoms with E-state index in [9.17, 15) is 13.2 Å². The molecule has 9 heteroatoms. The molecule has 0 atom stereocenters. The van der Waals surface area contributed by atoms with Crippen molar-refractivity contribution in [2.45, 2.75) is 13.1 Å². The van der Waals surface area contributed by atoms with Crippen molar-refractivity contribution in [3.63, 3.8) is 0 Å². The van der Waals surface area contributed by atoms with Crippen LogP contribution >= 0.6 is 23.8 Å². The molecule has 0 aliphatic carbocycles. The van der Waals surface area contributed by atoms with Gasteiger partial charge in [-0.05, 0) is 25.1 Å². The van der Waals surface area contributed by atoms with Gasteiger partial charge in [-0.25, -0.2) is 0 Å². The van der Waals surface area contributed by atoms with Crippen LogP contribution in [-0.4, -0.2) is 4.99 Å². The number of benzene rings is 1. The zero-order chi connectivity index (χ0) is 16.2. The van der Waals surface area contributed by atoms with Crippen LogP contribution in [0.2, 0.25) is 5.02 Å². The molecule has 0 aliphatic rings. The molecule has 0 radical (unpaired) electrons. The number of hydrogen-bond acceptors (Lipinski definition) is 4. The minimum absolute atomic E-state index is 0.00562. The number of rotatable bonds is 4. The molecule has 0 amide bonds. The van der Waals surface area contributed by atoms with Gasteiger partial charge in [0.15, 0.2) is 0 Å². The number of anilines is 1. The number of hydrazine groups is 1. The Hall–Kier alpha value is -1.98. The number of nitrogens with zero attached hydrogens (tertiary/aromatic N) is 1. The van der Waals surface area contributed by atoms with Crippen LogP contribution in [0.4, 0.5) is 18.9 Å². The third-order valence-electron chi connectivity index (χ3n) is 2.41. The Morgan fingerprint density at radius 1 is 1.43 bits per heavy atom. The average molecular weight is 335 g/mol. The highest BCUT2D eigenvalue weighted by Crippen LogP contribution is 2.33. The first kappa shape index (κ1) is 17.1. The summed E-state index contributed by atoms with van der Waals surface area (Å²) in [5.74, 6) is 0. The summed E-state index contributed by atoms with van der Waals surface area (Å²) in [5.41, 5.74) is 9.79. The van der Waals surface area contributed by atoms with Crippen molar-refractivity contribution in [3.05, 3.63) is 40.1 Å². The van der Waals surface area contributed by atoms with E-state index in [1.807, 2.05) is 0 Å². The Morgan fingerprint density at radius 2 is 2.05 bits per heavy atom. The summed E-state index contributed by atoms with van der Waals surface area (Å²) >= 11 is 10.5. The van der Waals surface area contributed by atoms with E-state index in [0.29, 0.717) is 0 Å². The first-order valence-electron chi connectivity index (χ1n) is 5.46. The zero-order valence-electron chi connectivity index (χ0n) is 10.7. The Balaban J connectivity index is 3.00. The molecule has 0 heterocycles. The molecule has 0 aliphatic heterocycles. The lowest BCUT2D eigenvalue weighted by Gasteiger charge is -2.14. The second kappa shape index (κ2) is 6.65. The third-order valence-corrected chi connectivity index (χ3v) is 2.95. The molecule has 0 fully saturated rings. The maximum Gasteiger partial charge on any atom is 0.416 e. The fourth-order valence-corrected chi connectivity index (χ4v) is 1.71. The number of nitriles is 1. The molecule has 0 unspecified atom stereocenters. The van der Waals surface area contributed by atoms with Gasteiger partial charge in [-0.15, -0.1) is 0 Å². The van der Waals surface area contributed by atoms with E-state index in [1.165, 1.54) is 6.92 Å². The van der Waals surface area contributed by atoms with Crippen LogP contribution in [0, 0.1) is 11.3 Å². The van der Waals surface area contributed by atoms with Crippen LogP contribution in [0.3, 0.4) is 0 Å². The van der Waals surface area contributed by atoms with Crippen LogP contribution in [0.5, 0.6) is 0 Å². The first-order chi connectivity index (χ1) is 9.66. The molecule has 0 saturated carbocycles. The van der Waals surface area contributed by atoms with Gasteiger partial charge in [-0.3, -0.25) is 5.43 Å². The van der Waals surface area contributed by atoms with E-state index < -0.39 is 11.7 Å². The summed E-state index contributed by atoms with van der Waals surface area (Å²) in [6.45, 7) is 1.49. The number of nitrogens with one attached hydrogen (secondary N) is 2. The molecular weight excluding hydrogens is 325 g/mol. The second-order valence-electron chi connectivity index (χ2n) is 3.92. The highest BCUT2D eigenvalue weighted by atomic mass is 35.5. The molecule has 4 nitrogen and oxygen atoms in total. The van der Waals surface area contributed by atoms with Crippen molar-refractivity contribution < 1.29 is 13.2 Å². The maximum atomic E-state index is 12.6. The van der Waals surface area contributed by atoms with Crippen molar-refractivity contribution in [1.82, 2.24) is 5.43 Å². The fourth-order valence-electron chi connectivity index (χ4n) is 1.34. The van der Waals surface area contributed by atoms with Gasteiger partial charge >= 0.3 is 6.18 Å². The quantitative estimate of drug-likeness (QED) is 0.341. The molecule has 0 bridgehead atoms. The van der Waals surface area contributed by atoms with Crippen molar-refractivity contribution >= 4 is 34.5 Å². The first-order valence-corrected chi connectivity index (χ1v) is 6.25. The normalized spacial score (nSPS) is 12.2. The fraction of sp³-hybridized carbons (Fsp3) is 0.167. The van der Waals surface area contributed by atoms with Gasteiger partial charge in [-0.1, -0.05) is 23.8 Å². The standard InChI is InChI=1S/C12H10ClF3N4S/c1-6(8(5-17)11(18)21)19-20-10-4-7(12(14,15)16)2-3-9(10)13/h2-4,19-20H,1H3,(H2,18,21)/b8-6+. The average Bonchev–Trinajstić information content (AvgIpc) is 2.36. The lowest BCUT2D eigenvalue weighted by molar-refractivity contribution is -0.137. The molecule has 1 aromatic rings. The van der Waals surface area contributed by atoms with Gasteiger partial charge < -0.3 is 11.2 Å². The molecule has 4 N–H and O–H groups in total. The number of halogens is 4. The Morgan fingerprint density at radius 3 is 2.52 bits per heavy atom. The largest absolute Gasteiger partial charge is 0.416 e. The van der Waals surface area contributed by atoms with Crippen LogP contribution < -0.4 is 16.6 Å². The third kappa shape index (κ3) is 4.51. The van der Waals surface area contributed by atoms with E-state index >= 15 is 0 Å². The predicted molar refractivity (Wildman–Crippen MR) is 78.3 cm³/mol. The number of nitrogens with two attached hydrogens (primary N) is 1. The summed E-state index contributed by atoms with van der Waals surface area (Å²) in [4.78, 5) is -0.126. The Labute approximate surface area is 129 Å². The van der Waals surface area contributed by atoms with E-state index in [1.54, 1.807) is 6.07 Å². The topological polar surface area (TPSA) is 73.9 Å². The lowest BCUT2D eigenvalue weighted by atomic mass is 10.2. The lowest BCUT2D eigenvalue weighted by Crippen LogP contribution is -2.24. The van der Waals surface area contributed by atoms with Gasteiger partial charge in [0.25, 0.3) is 0 Å². The van der Waals surface area contributed by atoms with Crippen molar-refractivity contribution in [2.75, 3.05) is 5.43 Å². The maximum absolute atomic E-state index is 12.6. The highest BCUT2D eigenvalue weighted by molar-refractivity contribution is 7.80. The molecule has 1 aromatic carbocycles. The SMILES string of the molecule is C/C(NNc1cc(C(F)(F)F)ccc1Cl)=C(/C#N)C(N)=S. The zero-order valence-corrected chi connectivity index (χ0v) is 12.2. The van der Waals surface area contributed by atoms with Gasteiger partial charge in [0.1, 0.15) is 16.6 Å². The Bertz CT molecular complexity index is 634. The van der Waals surface area contributed by atoms with Crippen LogP contribution in [0.1, 0.15) is 12.5 Å². The smallest absolute Gasteiger partial charge is 0.389 e. The number of alkyl halides is 3. The molecule has 0 aromatic heterocycles. The minimum atomic E-state index is -4.48. The van der Waals surface area contributed by atoms with Crippen molar-refractivity contribution in [1.29, 1.82) is 5.26 Å². The predicted octanol–water partition coefficient (Wildman–Crippen LogP) is 3.36. The van der Waals surface area contributed by atoms with E-state index in [-0.39, 0.29) is 27.0 Å². The number of allylic oxidation sites excluding steroid dienone is 1. The van der Waals surface area contributed by atoms with Crippen molar-refractivity contribution in [3.8, 4) is 6.07 Å². The highest BCUT2D eigenvalue weighted by Gasteiger charge is 2.30. The molecule has 0 spiro atoms. The monoisotopic (exact) mass is 334 g/mol. The van der Waals surface area contributed by atoms with Gasteiger partial charge in [0.2, 0.25) is 0 Å². The molecule has 1 rings (SSSR count). The Kier molecular flexibility index (Phi) is 5.41. The summed E-state index contributed by atoms with van der Waals surface area (Å²) in [6, 6.07) is 4.61. The number of thiocarbonyl (C=S) groups is 1. The van der Waals surface area contributed by atoms with Crippen LogP contribution in [0.25, 0.3) is 0 Å². The summed E-state index contributed by atoms with van der Waals surface area (Å²) < 4.78 is 37.8. The summed E-state index contributed by atoms with van der Waals surface area (Å²) in [5, 5.41) is 8.93. The molecule has 0 saturated heterocycles. The van der Waals surface area contributed by atoms with Gasteiger partial charge in [0, 0.05) is 5.70 Å². The number of hydrogen-bond donors (Lipinski definition) is 3. The molecule has 21 heavy (non-hydrogen) atoms. The van der Waals surface area contributed by atoms with E-state index in [0.717, 1.165) is 18.2 Å².